The van der Waals surface area contributed by atoms with E-state index in [9.17, 15) is 9.59 Å². The minimum atomic E-state index is -0.0940. The number of benzene rings is 3. The summed E-state index contributed by atoms with van der Waals surface area (Å²) >= 11 is 0. The van der Waals surface area contributed by atoms with E-state index in [1.165, 1.54) is 16.5 Å². The van der Waals surface area contributed by atoms with Crippen molar-refractivity contribution < 1.29 is 14.3 Å². The number of hydrogen-bond donors (Lipinski definition) is 2. The lowest BCUT2D eigenvalue weighted by atomic mass is 9.90. The van der Waals surface area contributed by atoms with Gasteiger partial charge in [-0.2, -0.15) is 0 Å². The largest absolute Gasteiger partial charge is 0.484 e. The van der Waals surface area contributed by atoms with Crippen molar-refractivity contribution in [3.05, 3.63) is 102 Å². The smallest absolute Gasteiger partial charge is 0.260 e. The molecular formula is C30H31N3O3. The van der Waals surface area contributed by atoms with Crippen molar-refractivity contribution in [1.82, 2.24) is 15.2 Å². The maximum atomic E-state index is 13.1. The molecule has 0 aliphatic carbocycles. The Labute approximate surface area is 211 Å². The number of nitrogens with one attached hydrogen (secondary N) is 2. The van der Waals surface area contributed by atoms with Gasteiger partial charge in [0.15, 0.2) is 6.61 Å². The third-order valence-electron chi connectivity index (χ3n) is 7.00. The fourth-order valence-corrected chi connectivity index (χ4v) is 4.97. The van der Waals surface area contributed by atoms with Crippen molar-refractivity contribution in [3.63, 3.8) is 0 Å². The van der Waals surface area contributed by atoms with Gasteiger partial charge in [-0.3, -0.25) is 9.59 Å². The molecule has 1 saturated heterocycles. The summed E-state index contributed by atoms with van der Waals surface area (Å²) in [7, 11) is 0. The van der Waals surface area contributed by atoms with Gasteiger partial charge in [0.25, 0.3) is 5.91 Å². The molecule has 2 heterocycles. The second kappa shape index (κ2) is 11.1. The molecule has 0 radical (unpaired) electrons. The molecule has 6 heteroatoms. The zero-order valence-corrected chi connectivity index (χ0v) is 20.2. The monoisotopic (exact) mass is 481 g/mol. The molecule has 1 aromatic heterocycles. The molecule has 1 atom stereocenters. The SMILES string of the molecule is O=C(NCC(c1ccccc1)c1c[nH]c2ccccc12)C1CCN(C(=O)COc2ccccc2)CC1. The topological polar surface area (TPSA) is 74.4 Å². The minimum Gasteiger partial charge on any atom is -0.484 e. The lowest BCUT2D eigenvalue weighted by Gasteiger charge is -2.31. The number of rotatable bonds is 8. The Hall–Kier alpha value is -4.06. The maximum Gasteiger partial charge on any atom is 0.260 e. The highest BCUT2D eigenvalue weighted by molar-refractivity contribution is 5.85. The number of fused-ring (bicyclic) bond motifs is 1. The Morgan fingerprint density at radius 2 is 1.58 bits per heavy atom. The van der Waals surface area contributed by atoms with E-state index in [0.717, 1.165) is 5.52 Å². The first-order valence-electron chi connectivity index (χ1n) is 12.5. The third-order valence-corrected chi connectivity index (χ3v) is 7.00. The van der Waals surface area contributed by atoms with E-state index in [4.69, 9.17) is 4.74 Å². The summed E-state index contributed by atoms with van der Waals surface area (Å²) in [6.07, 6.45) is 3.37. The predicted octanol–water partition coefficient (Wildman–Crippen LogP) is 4.73. The van der Waals surface area contributed by atoms with E-state index in [-0.39, 0.29) is 30.3 Å². The zero-order valence-electron chi connectivity index (χ0n) is 20.2. The number of H-pyrrole nitrogens is 1. The average molecular weight is 482 g/mol. The van der Waals surface area contributed by atoms with E-state index in [1.807, 2.05) is 60.7 Å². The van der Waals surface area contributed by atoms with Gasteiger partial charge in [-0.1, -0.05) is 66.7 Å². The molecule has 1 aliphatic heterocycles. The Kier molecular flexibility index (Phi) is 7.31. The van der Waals surface area contributed by atoms with Crippen LogP contribution in [0, 0.1) is 5.92 Å². The van der Waals surface area contributed by atoms with Gasteiger partial charge < -0.3 is 19.9 Å². The number of nitrogens with zero attached hydrogens (tertiary/aromatic N) is 1. The standard InChI is InChI=1S/C30H31N3O3/c34-29(21-36-24-11-5-2-6-12-24)33-17-15-23(16-18-33)30(35)32-19-26(22-9-3-1-4-10-22)27-20-31-28-14-8-7-13-25(27)28/h1-14,20,23,26,31H,15-19,21H2,(H,32,35). The minimum absolute atomic E-state index is 0.0181. The van der Waals surface area contributed by atoms with Crippen LogP contribution in [0.15, 0.2) is 91.1 Å². The molecular weight excluding hydrogens is 450 g/mol. The van der Waals surface area contributed by atoms with Crippen LogP contribution in [0.3, 0.4) is 0 Å². The van der Waals surface area contributed by atoms with Gasteiger partial charge in [-0.25, -0.2) is 0 Å². The van der Waals surface area contributed by atoms with Gasteiger partial charge in [0.2, 0.25) is 5.91 Å². The molecule has 1 unspecified atom stereocenters. The molecule has 6 nitrogen and oxygen atoms in total. The summed E-state index contributed by atoms with van der Waals surface area (Å²) in [6.45, 7) is 1.68. The van der Waals surface area contributed by atoms with Crippen molar-refractivity contribution in [2.75, 3.05) is 26.2 Å². The van der Waals surface area contributed by atoms with Crippen LogP contribution < -0.4 is 10.1 Å². The van der Waals surface area contributed by atoms with Crippen LogP contribution in [0.5, 0.6) is 5.75 Å². The molecule has 184 valence electrons. The van der Waals surface area contributed by atoms with E-state index in [1.54, 1.807) is 4.90 Å². The number of carbonyl (C=O) groups is 2. The highest BCUT2D eigenvalue weighted by Gasteiger charge is 2.28. The van der Waals surface area contributed by atoms with Gasteiger partial charge in [0.1, 0.15) is 5.75 Å². The maximum absolute atomic E-state index is 13.1. The molecule has 2 amide bonds. The van der Waals surface area contributed by atoms with Gasteiger partial charge in [0, 0.05) is 48.6 Å². The zero-order chi connectivity index (χ0) is 24.7. The molecule has 2 N–H and O–H groups in total. The molecule has 36 heavy (non-hydrogen) atoms. The molecule has 0 spiro atoms. The fourth-order valence-electron chi connectivity index (χ4n) is 4.97. The quantitative estimate of drug-likeness (QED) is 0.382. The number of ether oxygens (including phenoxy) is 1. The van der Waals surface area contributed by atoms with Crippen molar-refractivity contribution in [3.8, 4) is 5.75 Å². The first kappa shape index (κ1) is 23.7. The molecule has 1 fully saturated rings. The number of amides is 2. The molecule has 1 aliphatic rings. The van der Waals surface area contributed by atoms with Crippen LogP contribution in [0.2, 0.25) is 0 Å². The number of hydrogen-bond acceptors (Lipinski definition) is 3. The van der Waals surface area contributed by atoms with E-state index >= 15 is 0 Å². The van der Waals surface area contributed by atoms with E-state index < -0.39 is 0 Å². The number of para-hydroxylation sites is 2. The second-order valence-corrected chi connectivity index (χ2v) is 9.25. The van der Waals surface area contributed by atoms with Crippen LogP contribution in [-0.2, 0) is 9.59 Å². The predicted molar refractivity (Wildman–Crippen MR) is 141 cm³/mol. The molecule has 0 bridgehead atoms. The van der Waals surface area contributed by atoms with Crippen LogP contribution in [-0.4, -0.2) is 47.9 Å². The first-order chi connectivity index (χ1) is 17.7. The number of aromatic nitrogens is 1. The van der Waals surface area contributed by atoms with E-state index in [2.05, 4.69) is 40.8 Å². The molecule has 5 rings (SSSR count). The number of likely N-dealkylation sites (tertiary alicyclic amines) is 1. The highest BCUT2D eigenvalue weighted by Crippen LogP contribution is 2.30. The summed E-state index contributed by atoms with van der Waals surface area (Å²) in [5.41, 5.74) is 3.44. The van der Waals surface area contributed by atoms with Gasteiger partial charge in [-0.15, -0.1) is 0 Å². The average Bonchev–Trinajstić information content (AvgIpc) is 3.37. The highest BCUT2D eigenvalue weighted by atomic mass is 16.5. The summed E-state index contributed by atoms with van der Waals surface area (Å²) in [4.78, 5) is 30.8. The molecule has 3 aromatic carbocycles. The number of carbonyl (C=O) groups excluding carboxylic acids is 2. The summed E-state index contributed by atoms with van der Waals surface area (Å²) in [6, 6.07) is 27.9. The summed E-state index contributed by atoms with van der Waals surface area (Å²) in [5.74, 6) is 0.652. The molecule has 4 aromatic rings. The third kappa shape index (κ3) is 5.43. The van der Waals surface area contributed by atoms with Gasteiger partial charge in [-0.05, 0) is 42.2 Å². The van der Waals surface area contributed by atoms with Crippen molar-refractivity contribution in [2.45, 2.75) is 18.8 Å². The van der Waals surface area contributed by atoms with Crippen LogP contribution in [0.4, 0.5) is 0 Å². The Morgan fingerprint density at radius 1 is 0.917 bits per heavy atom. The number of aromatic amines is 1. The summed E-state index contributed by atoms with van der Waals surface area (Å²) in [5, 5.41) is 4.39. The Morgan fingerprint density at radius 3 is 2.33 bits per heavy atom. The van der Waals surface area contributed by atoms with Gasteiger partial charge in [0.05, 0.1) is 0 Å². The lowest BCUT2D eigenvalue weighted by molar-refractivity contribution is -0.137. The van der Waals surface area contributed by atoms with Crippen LogP contribution >= 0.6 is 0 Å². The van der Waals surface area contributed by atoms with E-state index in [0.29, 0.717) is 38.2 Å². The van der Waals surface area contributed by atoms with Crippen molar-refractivity contribution in [1.29, 1.82) is 0 Å². The van der Waals surface area contributed by atoms with Crippen LogP contribution in [0.25, 0.3) is 10.9 Å². The lowest BCUT2D eigenvalue weighted by Crippen LogP contribution is -2.45. The fraction of sp³-hybridized carbons (Fsp3) is 0.267. The van der Waals surface area contributed by atoms with Crippen LogP contribution in [0.1, 0.15) is 29.9 Å². The van der Waals surface area contributed by atoms with Gasteiger partial charge >= 0.3 is 0 Å². The van der Waals surface area contributed by atoms with Crippen molar-refractivity contribution in [2.24, 2.45) is 5.92 Å². The Balaban J connectivity index is 1.17. The normalized spacial score (nSPS) is 14.9. The summed E-state index contributed by atoms with van der Waals surface area (Å²) < 4.78 is 5.60. The molecule has 0 saturated carbocycles. The number of piperidine rings is 1. The van der Waals surface area contributed by atoms with Crippen molar-refractivity contribution >= 4 is 22.7 Å². The second-order valence-electron chi connectivity index (χ2n) is 9.25. The Bertz CT molecular complexity index is 1290. The first-order valence-corrected chi connectivity index (χ1v) is 12.5.